The van der Waals surface area contributed by atoms with Crippen LogP contribution in [0.5, 0.6) is 0 Å². The summed E-state index contributed by atoms with van der Waals surface area (Å²) in [6.07, 6.45) is 0.803. The van der Waals surface area contributed by atoms with Crippen molar-refractivity contribution in [2.75, 3.05) is 5.43 Å². The van der Waals surface area contributed by atoms with E-state index in [0.29, 0.717) is 5.95 Å². The Morgan fingerprint density at radius 3 is 2.48 bits per heavy atom. The molecule has 5 nitrogen and oxygen atoms in total. The van der Waals surface area contributed by atoms with Gasteiger partial charge < -0.3 is 0 Å². The van der Waals surface area contributed by atoms with E-state index in [2.05, 4.69) is 25.3 Å². The lowest BCUT2D eigenvalue weighted by atomic mass is 9.72. The molecule has 0 amide bonds. The minimum Gasteiger partial charge on any atom is -0.293 e. The molecule has 25 heavy (non-hydrogen) atoms. The maximum absolute atomic E-state index is 13.4. The number of nitrogen functional groups attached to an aromatic ring is 1. The molecule has 3 aromatic rings. The van der Waals surface area contributed by atoms with Crippen molar-refractivity contribution in [3.63, 3.8) is 0 Å². The molecule has 1 aliphatic carbocycles. The summed E-state index contributed by atoms with van der Waals surface area (Å²) in [6.45, 7) is 4.19. The molecule has 0 unspecified atom stereocenters. The zero-order chi connectivity index (χ0) is 17.6. The highest BCUT2D eigenvalue weighted by molar-refractivity contribution is 5.72. The van der Waals surface area contributed by atoms with Crippen molar-refractivity contribution in [2.45, 2.75) is 25.7 Å². The van der Waals surface area contributed by atoms with Crippen LogP contribution in [0.2, 0.25) is 0 Å². The fraction of sp³-hybridized carbons (Fsp3) is 0.200. The van der Waals surface area contributed by atoms with Gasteiger partial charge in [0, 0.05) is 11.0 Å². The number of hydrazine groups is 1. The average molecular weight is 332 g/mol. The van der Waals surface area contributed by atoms with Crippen molar-refractivity contribution < 1.29 is 0 Å². The number of aromatic nitrogens is 2. The number of benzene rings is 2. The molecule has 1 aromatic heterocycles. The minimum absolute atomic E-state index is 0.0800. The Hall–Kier alpha value is -2.92. The Morgan fingerprint density at radius 1 is 1.08 bits per heavy atom. The molecule has 1 aliphatic rings. The van der Waals surface area contributed by atoms with Crippen LogP contribution >= 0.6 is 0 Å². The van der Waals surface area contributed by atoms with Crippen molar-refractivity contribution in [2.24, 2.45) is 5.84 Å². The zero-order valence-electron chi connectivity index (χ0n) is 14.3. The second kappa shape index (κ2) is 5.57. The van der Waals surface area contributed by atoms with Gasteiger partial charge in [0.1, 0.15) is 0 Å². The molecule has 2 aromatic carbocycles. The number of fused-ring (bicyclic) bond motifs is 3. The second-order valence-corrected chi connectivity index (χ2v) is 7.00. The van der Waals surface area contributed by atoms with Crippen LogP contribution in [0.3, 0.4) is 0 Å². The van der Waals surface area contributed by atoms with Gasteiger partial charge in [-0.3, -0.25) is 10.2 Å². The van der Waals surface area contributed by atoms with Crippen LogP contribution < -0.4 is 16.8 Å². The van der Waals surface area contributed by atoms with E-state index < -0.39 is 0 Å². The number of hydrogen-bond donors (Lipinski definition) is 2. The maximum atomic E-state index is 13.4. The van der Waals surface area contributed by atoms with Crippen LogP contribution in [0.4, 0.5) is 5.95 Å². The van der Waals surface area contributed by atoms with Crippen molar-refractivity contribution in [3.8, 4) is 16.9 Å². The van der Waals surface area contributed by atoms with E-state index >= 15 is 0 Å². The van der Waals surface area contributed by atoms with Gasteiger partial charge in [0.25, 0.3) is 5.56 Å². The molecular weight excluding hydrogens is 312 g/mol. The van der Waals surface area contributed by atoms with E-state index in [-0.39, 0.29) is 11.0 Å². The smallest absolute Gasteiger partial charge is 0.263 e. The first-order valence-electron chi connectivity index (χ1n) is 8.31. The van der Waals surface area contributed by atoms with Gasteiger partial charge in [-0.2, -0.15) is 0 Å². The van der Waals surface area contributed by atoms with Crippen LogP contribution in [0.25, 0.3) is 16.9 Å². The Bertz CT molecular complexity index is 1010. The number of hydrogen-bond acceptors (Lipinski definition) is 4. The lowest BCUT2D eigenvalue weighted by molar-refractivity contribution is 0.505. The maximum Gasteiger partial charge on any atom is 0.263 e. The van der Waals surface area contributed by atoms with Gasteiger partial charge in [0.05, 0.1) is 16.9 Å². The number of nitrogens with zero attached hydrogens (tertiary/aromatic N) is 2. The van der Waals surface area contributed by atoms with Gasteiger partial charge in [-0.05, 0) is 24.1 Å². The molecule has 5 heteroatoms. The molecule has 0 saturated carbocycles. The topological polar surface area (TPSA) is 72.9 Å². The van der Waals surface area contributed by atoms with E-state index in [1.807, 2.05) is 48.5 Å². The Balaban J connectivity index is 2.10. The molecule has 3 N–H and O–H groups in total. The summed E-state index contributed by atoms with van der Waals surface area (Å²) in [5.74, 6) is 6.04. The highest BCUT2D eigenvalue weighted by atomic mass is 16.1. The summed E-state index contributed by atoms with van der Waals surface area (Å²) in [5.41, 5.74) is 6.60. The van der Waals surface area contributed by atoms with Crippen molar-refractivity contribution in [3.05, 3.63) is 76.1 Å². The molecule has 0 fully saturated rings. The predicted octanol–water partition coefficient (Wildman–Crippen LogP) is 3.02. The lowest BCUT2D eigenvalue weighted by Crippen LogP contribution is -2.38. The van der Waals surface area contributed by atoms with Crippen molar-refractivity contribution in [1.29, 1.82) is 0 Å². The molecule has 126 valence electrons. The number of anilines is 1. The molecule has 0 bridgehead atoms. The third kappa shape index (κ3) is 2.36. The highest BCUT2D eigenvalue weighted by Gasteiger charge is 2.36. The summed E-state index contributed by atoms with van der Waals surface area (Å²) in [7, 11) is 0. The summed E-state index contributed by atoms with van der Waals surface area (Å²) in [6, 6.07) is 17.6. The summed E-state index contributed by atoms with van der Waals surface area (Å²) < 4.78 is 1.55. The average Bonchev–Trinajstić information content (AvgIpc) is 2.61. The van der Waals surface area contributed by atoms with Crippen LogP contribution in [0.1, 0.15) is 25.0 Å². The fourth-order valence-electron chi connectivity index (χ4n) is 3.71. The summed E-state index contributed by atoms with van der Waals surface area (Å²) in [5, 5.41) is 0. The normalized spacial score (nSPS) is 14.5. The largest absolute Gasteiger partial charge is 0.293 e. The van der Waals surface area contributed by atoms with Gasteiger partial charge in [-0.1, -0.05) is 56.3 Å². The summed E-state index contributed by atoms with van der Waals surface area (Å²) >= 11 is 0. The van der Waals surface area contributed by atoms with E-state index in [4.69, 9.17) is 10.8 Å². The van der Waals surface area contributed by atoms with Crippen LogP contribution in [0.15, 0.2) is 59.4 Å². The second-order valence-electron chi connectivity index (χ2n) is 7.00. The molecule has 0 aliphatic heterocycles. The molecule has 1 heterocycles. The van der Waals surface area contributed by atoms with Crippen molar-refractivity contribution in [1.82, 2.24) is 9.55 Å². The highest BCUT2D eigenvalue weighted by Crippen LogP contribution is 2.40. The first kappa shape index (κ1) is 15.6. The first-order valence-corrected chi connectivity index (χ1v) is 8.31. The number of rotatable bonds is 2. The first-order chi connectivity index (χ1) is 12.0. The van der Waals surface area contributed by atoms with Gasteiger partial charge in [0.2, 0.25) is 5.95 Å². The molecular formula is C20H20N4O. The molecule has 0 radical (unpaired) electrons. The lowest BCUT2D eigenvalue weighted by Gasteiger charge is -2.33. The van der Waals surface area contributed by atoms with E-state index in [1.165, 1.54) is 5.56 Å². The number of nitrogens with one attached hydrogen (secondary N) is 1. The zero-order valence-corrected chi connectivity index (χ0v) is 14.3. The van der Waals surface area contributed by atoms with E-state index in [9.17, 15) is 4.79 Å². The monoisotopic (exact) mass is 332 g/mol. The standard InChI is InChI=1S/C20H20N4O/c1-20(2)12-13-8-6-7-11-15(13)17-16(20)18(25)24(19(22-17)23-21)14-9-4-3-5-10-14/h3-11H,12,21H2,1-2H3,(H,22,23). The van der Waals surface area contributed by atoms with E-state index in [0.717, 1.165) is 28.9 Å². The third-order valence-electron chi connectivity index (χ3n) is 4.81. The summed E-state index contributed by atoms with van der Waals surface area (Å²) in [4.78, 5) is 18.2. The van der Waals surface area contributed by atoms with E-state index in [1.54, 1.807) is 4.57 Å². The molecule has 0 saturated heterocycles. The molecule has 0 atom stereocenters. The van der Waals surface area contributed by atoms with Gasteiger partial charge >= 0.3 is 0 Å². The fourth-order valence-corrected chi connectivity index (χ4v) is 3.71. The number of nitrogens with two attached hydrogens (primary N) is 1. The van der Waals surface area contributed by atoms with Crippen LogP contribution in [-0.4, -0.2) is 9.55 Å². The minimum atomic E-state index is -0.308. The van der Waals surface area contributed by atoms with Crippen LogP contribution in [0, 0.1) is 0 Å². The molecule has 0 spiro atoms. The Morgan fingerprint density at radius 2 is 1.76 bits per heavy atom. The van der Waals surface area contributed by atoms with Crippen LogP contribution in [-0.2, 0) is 11.8 Å². The van der Waals surface area contributed by atoms with Crippen molar-refractivity contribution >= 4 is 5.95 Å². The SMILES string of the molecule is CC1(C)Cc2ccccc2-c2nc(NN)n(-c3ccccc3)c(=O)c21. The third-order valence-corrected chi connectivity index (χ3v) is 4.81. The molecule has 4 rings (SSSR count). The van der Waals surface area contributed by atoms with Gasteiger partial charge in [-0.25, -0.2) is 15.4 Å². The van der Waals surface area contributed by atoms with Gasteiger partial charge in [0.15, 0.2) is 0 Å². The Kier molecular flexibility index (Phi) is 3.47. The Labute approximate surface area is 146 Å². The quantitative estimate of drug-likeness (QED) is 0.559. The predicted molar refractivity (Wildman–Crippen MR) is 99.8 cm³/mol. The van der Waals surface area contributed by atoms with Gasteiger partial charge in [-0.15, -0.1) is 0 Å². The number of para-hydroxylation sites is 1.